The predicted molar refractivity (Wildman–Crippen MR) is 134 cm³/mol. The standard InChI is InChI=1S/C21H28N6O2S.HI/c1-3-17-12-24-19(30-17)13-26-21(22-4-2)25-11-15-5-7-16(8-6-15)20(29)27-10-9-23-18(28)14-27;/h5-8,12H,3-4,9-11,13-14H2,1-2H3,(H,23,28)(H2,22,25,26);1H. The zero-order chi connectivity index (χ0) is 21.3. The van der Waals surface area contributed by atoms with Gasteiger partial charge in [0.25, 0.3) is 5.91 Å². The quantitative estimate of drug-likeness (QED) is 0.276. The summed E-state index contributed by atoms with van der Waals surface area (Å²) in [4.78, 5) is 35.9. The minimum Gasteiger partial charge on any atom is -0.357 e. The van der Waals surface area contributed by atoms with Crippen molar-refractivity contribution in [1.82, 2.24) is 25.8 Å². The van der Waals surface area contributed by atoms with E-state index in [1.54, 1.807) is 28.4 Å². The molecule has 8 nitrogen and oxygen atoms in total. The molecule has 0 bridgehead atoms. The number of nitrogens with one attached hydrogen (secondary N) is 3. The summed E-state index contributed by atoms with van der Waals surface area (Å²) >= 11 is 1.71. The zero-order valence-corrected chi connectivity index (χ0v) is 21.0. The first kappa shape index (κ1) is 25.1. The molecule has 31 heavy (non-hydrogen) atoms. The topological polar surface area (TPSA) is 98.7 Å². The van der Waals surface area contributed by atoms with Crippen molar-refractivity contribution in [1.29, 1.82) is 0 Å². The fraction of sp³-hybridized carbons (Fsp3) is 0.429. The van der Waals surface area contributed by atoms with Crippen LogP contribution in [0.2, 0.25) is 0 Å². The molecule has 0 spiro atoms. The average Bonchev–Trinajstić information content (AvgIpc) is 3.24. The highest BCUT2D eigenvalue weighted by atomic mass is 127. The van der Waals surface area contributed by atoms with Crippen molar-refractivity contribution in [2.24, 2.45) is 4.99 Å². The van der Waals surface area contributed by atoms with Gasteiger partial charge in [0.2, 0.25) is 5.91 Å². The van der Waals surface area contributed by atoms with Gasteiger partial charge < -0.3 is 20.9 Å². The Morgan fingerprint density at radius 3 is 2.68 bits per heavy atom. The lowest BCUT2D eigenvalue weighted by Crippen LogP contribution is -2.49. The van der Waals surface area contributed by atoms with Gasteiger partial charge in [-0.25, -0.2) is 9.98 Å². The van der Waals surface area contributed by atoms with Crippen LogP contribution in [0.5, 0.6) is 0 Å². The first-order chi connectivity index (χ1) is 14.6. The molecule has 3 rings (SSSR count). The molecule has 0 saturated carbocycles. The van der Waals surface area contributed by atoms with Crippen LogP contribution in [0, 0.1) is 0 Å². The third-order valence-electron chi connectivity index (χ3n) is 4.65. The van der Waals surface area contributed by atoms with E-state index in [4.69, 9.17) is 0 Å². The zero-order valence-electron chi connectivity index (χ0n) is 17.8. The van der Waals surface area contributed by atoms with Gasteiger partial charge in [0.05, 0.1) is 19.6 Å². The number of aryl methyl sites for hydroxylation is 1. The van der Waals surface area contributed by atoms with Gasteiger partial charge in [-0.15, -0.1) is 35.3 Å². The highest BCUT2D eigenvalue weighted by Crippen LogP contribution is 2.13. The van der Waals surface area contributed by atoms with Crippen molar-refractivity contribution in [3.8, 4) is 0 Å². The fourth-order valence-corrected chi connectivity index (χ4v) is 3.81. The number of benzene rings is 1. The van der Waals surface area contributed by atoms with Crippen LogP contribution in [-0.2, 0) is 24.3 Å². The van der Waals surface area contributed by atoms with E-state index in [0.29, 0.717) is 31.7 Å². The molecule has 0 unspecified atom stereocenters. The number of guanidine groups is 1. The van der Waals surface area contributed by atoms with E-state index in [-0.39, 0.29) is 42.3 Å². The Labute approximate surface area is 203 Å². The van der Waals surface area contributed by atoms with Gasteiger partial charge in [-0.05, 0) is 31.0 Å². The summed E-state index contributed by atoms with van der Waals surface area (Å²) < 4.78 is 0. The molecule has 1 aliphatic heterocycles. The molecule has 1 aliphatic rings. The van der Waals surface area contributed by atoms with E-state index >= 15 is 0 Å². The molecule has 2 amide bonds. The molecule has 2 aromatic rings. The minimum atomic E-state index is -0.121. The van der Waals surface area contributed by atoms with Gasteiger partial charge in [0.1, 0.15) is 5.01 Å². The smallest absolute Gasteiger partial charge is 0.254 e. The number of rotatable bonds is 7. The molecule has 1 fully saturated rings. The second-order valence-electron chi connectivity index (χ2n) is 6.90. The molecular weight excluding hydrogens is 527 g/mol. The Hall–Kier alpha value is -2.21. The van der Waals surface area contributed by atoms with Crippen LogP contribution in [0.25, 0.3) is 0 Å². The number of thiazole rings is 1. The van der Waals surface area contributed by atoms with Crippen LogP contribution >= 0.6 is 35.3 Å². The van der Waals surface area contributed by atoms with Crippen molar-refractivity contribution in [2.75, 3.05) is 26.2 Å². The van der Waals surface area contributed by atoms with Crippen molar-refractivity contribution >= 4 is 53.1 Å². The monoisotopic (exact) mass is 556 g/mol. The van der Waals surface area contributed by atoms with Gasteiger partial charge >= 0.3 is 0 Å². The number of halogens is 1. The number of amides is 2. The summed E-state index contributed by atoms with van der Waals surface area (Å²) in [6, 6.07) is 7.39. The largest absolute Gasteiger partial charge is 0.357 e. The highest BCUT2D eigenvalue weighted by molar-refractivity contribution is 14.0. The number of hydrogen-bond donors (Lipinski definition) is 3. The third kappa shape index (κ3) is 7.46. The van der Waals surface area contributed by atoms with E-state index < -0.39 is 0 Å². The molecular formula is C21H29IN6O2S. The molecule has 10 heteroatoms. The normalized spacial score (nSPS) is 13.9. The second kappa shape index (κ2) is 12.6. The maximum absolute atomic E-state index is 12.5. The Morgan fingerprint density at radius 1 is 1.26 bits per heavy atom. The van der Waals surface area contributed by atoms with E-state index in [1.807, 2.05) is 25.3 Å². The third-order valence-corrected chi connectivity index (χ3v) is 5.79. The van der Waals surface area contributed by atoms with Gasteiger partial charge in [-0.3, -0.25) is 9.59 Å². The van der Waals surface area contributed by atoms with Crippen LogP contribution in [0.15, 0.2) is 35.5 Å². The predicted octanol–water partition coefficient (Wildman–Crippen LogP) is 2.15. The molecule has 0 radical (unpaired) electrons. The second-order valence-corrected chi connectivity index (χ2v) is 8.10. The number of piperazine rings is 1. The van der Waals surface area contributed by atoms with Crippen LogP contribution in [-0.4, -0.2) is 53.8 Å². The molecule has 1 saturated heterocycles. The summed E-state index contributed by atoms with van der Waals surface area (Å²) in [5.74, 6) is 0.489. The van der Waals surface area contributed by atoms with Gasteiger partial charge in [0, 0.05) is 36.3 Å². The van der Waals surface area contributed by atoms with Gasteiger partial charge in [-0.2, -0.15) is 0 Å². The number of nitrogens with zero attached hydrogens (tertiary/aromatic N) is 3. The molecule has 1 aromatic carbocycles. The van der Waals surface area contributed by atoms with Crippen LogP contribution in [0.3, 0.4) is 0 Å². The number of aliphatic imine (C=N–C) groups is 1. The van der Waals surface area contributed by atoms with Crippen molar-refractivity contribution in [3.05, 3.63) is 51.5 Å². The molecule has 2 heterocycles. The fourth-order valence-electron chi connectivity index (χ4n) is 3.01. The summed E-state index contributed by atoms with van der Waals surface area (Å²) in [5, 5.41) is 10.3. The van der Waals surface area contributed by atoms with Crippen molar-refractivity contribution in [2.45, 2.75) is 33.4 Å². The highest BCUT2D eigenvalue weighted by Gasteiger charge is 2.22. The maximum atomic E-state index is 12.5. The van der Waals surface area contributed by atoms with E-state index in [0.717, 1.165) is 29.5 Å². The van der Waals surface area contributed by atoms with Gasteiger partial charge in [0.15, 0.2) is 5.96 Å². The summed E-state index contributed by atoms with van der Waals surface area (Å²) in [7, 11) is 0. The Bertz CT molecular complexity index is 900. The number of aromatic nitrogens is 1. The Morgan fingerprint density at radius 2 is 2.03 bits per heavy atom. The average molecular weight is 556 g/mol. The molecule has 0 aliphatic carbocycles. The lowest BCUT2D eigenvalue weighted by atomic mass is 10.1. The van der Waals surface area contributed by atoms with Crippen LogP contribution < -0.4 is 16.0 Å². The SMILES string of the molecule is CCNC(=NCc1ccc(C(=O)N2CCNC(=O)C2)cc1)NCc1ncc(CC)s1.I. The van der Waals surface area contributed by atoms with E-state index in [1.165, 1.54) is 4.88 Å². The van der Waals surface area contributed by atoms with Crippen LogP contribution in [0.4, 0.5) is 0 Å². The summed E-state index contributed by atoms with van der Waals surface area (Å²) in [6.07, 6.45) is 2.92. The van der Waals surface area contributed by atoms with E-state index in [2.05, 4.69) is 32.9 Å². The Kier molecular flexibility index (Phi) is 10.2. The summed E-state index contributed by atoms with van der Waals surface area (Å²) in [6.45, 7) is 7.18. The lowest BCUT2D eigenvalue weighted by molar-refractivity contribution is -0.123. The first-order valence-electron chi connectivity index (χ1n) is 10.2. The molecule has 0 atom stereocenters. The molecule has 168 valence electrons. The number of hydrogen-bond acceptors (Lipinski definition) is 5. The minimum absolute atomic E-state index is 0. The van der Waals surface area contributed by atoms with Gasteiger partial charge in [-0.1, -0.05) is 19.1 Å². The maximum Gasteiger partial charge on any atom is 0.254 e. The summed E-state index contributed by atoms with van der Waals surface area (Å²) in [5.41, 5.74) is 1.58. The molecule has 1 aromatic heterocycles. The van der Waals surface area contributed by atoms with Crippen molar-refractivity contribution < 1.29 is 9.59 Å². The number of carbonyl (C=O) groups excluding carboxylic acids is 2. The van der Waals surface area contributed by atoms with Crippen molar-refractivity contribution in [3.63, 3.8) is 0 Å². The Balaban J connectivity index is 0.00000341. The first-order valence-corrected chi connectivity index (χ1v) is 11.0. The number of carbonyl (C=O) groups is 2. The molecule has 3 N–H and O–H groups in total. The lowest BCUT2D eigenvalue weighted by Gasteiger charge is -2.26. The van der Waals surface area contributed by atoms with E-state index in [9.17, 15) is 9.59 Å². The van der Waals surface area contributed by atoms with Crippen LogP contribution in [0.1, 0.15) is 39.7 Å².